The number of amides is 1. The van der Waals surface area contributed by atoms with Gasteiger partial charge in [-0.1, -0.05) is 0 Å². The summed E-state index contributed by atoms with van der Waals surface area (Å²) < 4.78 is 10.5. The van der Waals surface area contributed by atoms with E-state index in [1.807, 2.05) is 20.8 Å². The van der Waals surface area contributed by atoms with Crippen molar-refractivity contribution in [3.8, 4) is 0 Å². The van der Waals surface area contributed by atoms with Gasteiger partial charge in [0.15, 0.2) is 0 Å². The molecule has 1 fully saturated rings. The quantitative estimate of drug-likeness (QED) is 0.908. The topological polar surface area (TPSA) is 77.2 Å². The predicted octanol–water partition coefficient (Wildman–Crippen LogP) is 2.22. The first-order chi connectivity index (χ1) is 8.82. The minimum Gasteiger partial charge on any atom is -0.444 e. The van der Waals surface area contributed by atoms with Gasteiger partial charge in [-0.2, -0.15) is 0 Å². The van der Waals surface area contributed by atoms with Crippen LogP contribution in [-0.4, -0.2) is 27.9 Å². The lowest BCUT2D eigenvalue weighted by molar-refractivity contribution is 0.0451. The van der Waals surface area contributed by atoms with Gasteiger partial charge in [0.2, 0.25) is 11.8 Å². The molecule has 1 amide bonds. The van der Waals surface area contributed by atoms with Crippen molar-refractivity contribution in [1.29, 1.82) is 0 Å². The Kier molecular flexibility index (Phi) is 3.78. The SMILES string of the molecule is Cc1nnc(CC2CC(NC(=O)OC(C)(C)C)C2)o1. The number of carbonyl (C=O) groups is 1. The van der Waals surface area contributed by atoms with Crippen molar-refractivity contribution in [2.24, 2.45) is 5.92 Å². The smallest absolute Gasteiger partial charge is 0.407 e. The van der Waals surface area contributed by atoms with Gasteiger partial charge in [-0.15, -0.1) is 10.2 Å². The van der Waals surface area contributed by atoms with Crippen LogP contribution in [0.25, 0.3) is 0 Å². The van der Waals surface area contributed by atoms with E-state index in [0.717, 1.165) is 19.3 Å². The van der Waals surface area contributed by atoms with E-state index in [2.05, 4.69) is 15.5 Å². The summed E-state index contributed by atoms with van der Waals surface area (Å²) in [6, 6.07) is 0.198. The Morgan fingerprint density at radius 1 is 1.42 bits per heavy atom. The molecule has 6 heteroatoms. The number of rotatable bonds is 3. The normalized spacial score (nSPS) is 22.7. The van der Waals surface area contributed by atoms with Gasteiger partial charge in [0.1, 0.15) is 5.60 Å². The molecule has 1 aromatic heterocycles. The lowest BCUT2D eigenvalue weighted by Gasteiger charge is -2.35. The number of aromatic nitrogens is 2. The molecule has 19 heavy (non-hydrogen) atoms. The molecular formula is C13H21N3O3. The van der Waals surface area contributed by atoms with E-state index in [1.54, 1.807) is 6.92 Å². The molecule has 1 N–H and O–H groups in total. The summed E-state index contributed by atoms with van der Waals surface area (Å²) in [5.74, 6) is 1.77. The fourth-order valence-electron chi connectivity index (χ4n) is 2.16. The maximum atomic E-state index is 11.6. The highest BCUT2D eigenvalue weighted by Gasteiger charge is 2.32. The molecule has 1 aliphatic rings. The van der Waals surface area contributed by atoms with Crippen LogP contribution in [0.4, 0.5) is 4.79 Å². The Labute approximate surface area is 112 Å². The highest BCUT2D eigenvalue weighted by atomic mass is 16.6. The summed E-state index contributed by atoms with van der Waals surface area (Å²) in [4.78, 5) is 11.6. The van der Waals surface area contributed by atoms with E-state index in [9.17, 15) is 4.79 Å². The highest BCUT2D eigenvalue weighted by molar-refractivity contribution is 5.68. The fraction of sp³-hybridized carbons (Fsp3) is 0.769. The summed E-state index contributed by atoms with van der Waals surface area (Å²) in [5.41, 5.74) is -0.450. The Bertz CT molecular complexity index is 444. The van der Waals surface area contributed by atoms with E-state index in [-0.39, 0.29) is 12.1 Å². The Morgan fingerprint density at radius 3 is 2.63 bits per heavy atom. The molecule has 1 aromatic rings. The molecule has 1 aliphatic carbocycles. The molecule has 0 unspecified atom stereocenters. The van der Waals surface area contributed by atoms with Crippen LogP contribution in [0, 0.1) is 12.8 Å². The minimum atomic E-state index is -0.450. The third kappa shape index (κ3) is 4.22. The van der Waals surface area contributed by atoms with Crippen LogP contribution < -0.4 is 5.32 Å². The maximum Gasteiger partial charge on any atom is 0.407 e. The van der Waals surface area contributed by atoms with E-state index < -0.39 is 5.60 Å². The van der Waals surface area contributed by atoms with Gasteiger partial charge in [-0.25, -0.2) is 4.79 Å². The van der Waals surface area contributed by atoms with Crippen molar-refractivity contribution in [3.63, 3.8) is 0 Å². The van der Waals surface area contributed by atoms with Crippen molar-refractivity contribution in [2.75, 3.05) is 0 Å². The van der Waals surface area contributed by atoms with E-state index in [0.29, 0.717) is 17.7 Å². The fourth-order valence-corrected chi connectivity index (χ4v) is 2.16. The highest BCUT2D eigenvalue weighted by Crippen LogP contribution is 2.30. The minimum absolute atomic E-state index is 0.198. The zero-order chi connectivity index (χ0) is 14.0. The summed E-state index contributed by atoms with van der Waals surface area (Å²) in [7, 11) is 0. The standard InChI is InChI=1S/C13H21N3O3/c1-8-15-16-11(18-8)7-9-5-10(6-9)14-12(17)19-13(2,3)4/h9-10H,5-7H2,1-4H3,(H,14,17). The third-order valence-electron chi connectivity index (χ3n) is 2.99. The van der Waals surface area contributed by atoms with Crippen LogP contribution >= 0.6 is 0 Å². The molecule has 6 nitrogen and oxygen atoms in total. The molecule has 2 rings (SSSR count). The number of aryl methyl sites for hydroxylation is 1. The van der Waals surface area contributed by atoms with Crippen LogP contribution in [0.5, 0.6) is 0 Å². The van der Waals surface area contributed by atoms with Crippen LogP contribution in [0.2, 0.25) is 0 Å². The summed E-state index contributed by atoms with van der Waals surface area (Å²) in [6.45, 7) is 7.35. The van der Waals surface area contributed by atoms with Gasteiger partial charge < -0.3 is 14.5 Å². The van der Waals surface area contributed by atoms with Crippen molar-refractivity contribution in [3.05, 3.63) is 11.8 Å². The van der Waals surface area contributed by atoms with Gasteiger partial charge in [-0.05, 0) is 39.5 Å². The second kappa shape index (κ2) is 5.19. The monoisotopic (exact) mass is 267 g/mol. The van der Waals surface area contributed by atoms with Crippen molar-refractivity contribution in [1.82, 2.24) is 15.5 Å². The zero-order valence-electron chi connectivity index (χ0n) is 11.9. The predicted molar refractivity (Wildman–Crippen MR) is 68.6 cm³/mol. The molecule has 0 atom stereocenters. The summed E-state index contributed by atoms with van der Waals surface area (Å²) in [6.07, 6.45) is 2.30. The number of hydrogen-bond donors (Lipinski definition) is 1. The van der Waals surface area contributed by atoms with Crippen molar-refractivity contribution >= 4 is 6.09 Å². The molecule has 1 saturated carbocycles. The second-order valence-corrected chi connectivity index (χ2v) is 6.10. The molecule has 0 radical (unpaired) electrons. The van der Waals surface area contributed by atoms with E-state index >= 15 is 0 Å². The Balaban J connectivity index is 1.67. The molecular weight excluding hydrogens is 246 g/mol. The van der Waals surface area contributed by atoms with Crippen LogP contribution in [0.1, 0.15) is 45.4 Å². The molecule has 0 spiro atoms. The lowest BCUT2D eigenvalue weighted by atomic mass is 9.78. The van der Waals surface area contributed by atoms with Gasteiger partial charge in [0.05, 0.1) is 0 Å². The first-order valence-electron chi connectivity index (χ1n) is 6.60. The molecule has 106 valence electrons. The molecule has 0 aliphatic heterocycles. The van der Waals surface area contributed by atoms with Gasteiger partial charge in [0, 0.05) is 19.4 Å². The van der Waals surface area contributed by atoms with Crippen molar-refractivity contribution in [2.45, 2.75) is 58.6 Å². The van der Waals surface area contributed by atoms with Gasteiger partial charge >= 0.3 is 6.09 Å². The first-order valence-corrected chi connectivity index (χ1v) is 6.60. The number of nitrogens with one attached hydrogen (secondary N) is 1. The zero-order valence-corrected chi connectivity index (χ0v) is 11.9. The number of hydrogen-bond acceptors (Lipinski definition) is 5. The van der Waals surface area contributed by atoms with Gasteiger partial charge in [0.25, 0.3) is 0 Å². The maximum absolute atomic E-state index is 11.6. The Hall–Kier alpha value is -1.59. The molecule has 0 saturated heterocycles. The summed E-state index contributed by atoms with van der Waals surface area (Å²) >= 11 is 0. The van der Waals surface area contributed by atoms with Crippen LogP contribution in [-0.2, 0) is 11.2 Å². The number of carbonyl (C=O) groups excluding carboxylic acids is 1. The Morgan fingerprint density at radius 2 is 2.11 bits per heavy atom. The second-order valence-electron chi connectivity index (χ2n) is 6.10. The average Bonchev–Trinajstić information content (AvgIpc) is 2.58. The largest absolute Gasteiger partial charge is 0.444 e. The van der Waals surface area contributed by atoms with E-state index in [1.165, 1.54) is 0 Å². The number of alkyl carbamates (subject to hydrolysis) is 1. The lowest BCUT2D eigenvalue weighted by Crippen LogP contribution is -2.46. The average molecular weight is 267 g/mol. The number of ether oxygens (including phenoxy) is 1. The molecule has 1 heterocycles. The van der Waals surface area contributed by atoms with Gasteiger partial charge in [-0.3, -0.25) is 0 Å². The van der Waals surface area contributed by atoms with Crippen LogP contribution in [0.15, 0.2) is 4.42 Å². The number of nitrogens with zero attached hydrogens (tertiary/aromatic N) is 2. The third-order valence-corrected chi connectivity index (χ3v) is 2.99. The first kappa shape index (κ1) is 13.8. The van der Waals surface area contributed by atoms with Crippen LogP contribution in [0.3, 0.4) is 0 Å². The van der Waals surface area contributed by atoms with E-state index in [4.69, 9.17) is 9.15 Å². The molecule has 0 aromatic carbocycles. The molecule has 0 bridgehead atoms. The van der Waals surface area contributed by atoms with Crippen molar-refractivity contribution < 1.29 is 13.9 Å². The summed E-state index contributed by atoms with van der Waals surface area (Å²) in [5, 5.41) is 10.6.